The largest absolute Gasteiger partial charge is 0.493 e. The number of nitrogens with zero attached hydrogens (tertiary/aromatic N) is 1. The highest BCUT2D eigenvalue weighted by Gasteiger charge is 2.23. The van der Waals surface area contributed by atoms with Gasteiger partial charge in [0.2, 0.25) is 0 Å². The third-order valence-electron chi connectivity index (χ3n) is 5.34. The summed E-state index contributed by atoms with van der Waals surface area (Å²) in [6, 6.07) is 25.5. The van der Waals surface area contributed by atoms with Gasteiger partial charge in [-0.2, -0.15) is 0 Å². The van der Waals surface area contributed by atoms with E-state index in [2.05, 4.69) is 78.7 Å². The maximum absolute atomic E-state index is 5.59. The lowest BCUT2D eigenvalue weighted by molar-refractivity contribution is 0.355. The van der Waals surface area contributed by atoms with E-state index in [4.69, 9.17) is 9.47 Å². The minimum atomic E-state index is 0.739. The van der Waals surface area contributed by atoms with Gasteiger partial charge in [0, 0.05) is 19.2 Å². The van der Waals surface area contributed by atoms with E-state index in [-0.39, 0.29) is 0 Å². The molecule has 3 aromatic rings. The molecule has 0 bridgehead atoms. The fraction of sp³-hybridized carbons (Fsp3) is 0.200. The molecule has 3 heteroatoms. The van der Waals surface area contributed by atoms with Crippen molar-refractivity contribution in [1.29, 1.82) is 0 Å². The average Bonchev–Trinajstić information content (AvgIpc) is 2.90. The van der Waals surface area contributed by atoms with Crippen LogP contribution in [0.15, 0.2) is 72.8 Å². The second-order valence-corrected chi connectivity index (χ2v) is 6.99. The Kier molecular flexibility index (Phi) is 5.07. The molecule has 0 saturated carbocycles. The van der Waals surface area contributed by atoms with Crippen LogP contribution in [0.1, 0.15) is 22.3 Å². The maximum Gasteiger partial charge on any atom is 0.161 e. The normalized spacial score (nSPS) is 13.8. The Morgan fingerprint density at radius 3 is 2.21 bits per heavy atom. The van der Waals surface area contributed by atoms with Crippen molar-refractivity contribution in [2.45, 2.75) is 6.42 Å². The first-order chi connectivity index (χ1) is 13.7. The summed E-state index contributed by atoms with van der Waals surface area (Å²) in [6.07, 6.45) is 1.01. The Labute approximate surface area is 166 Å². The van der Waals surface area contributed by atoms with Gasteiger partial charge in [0.1, 0.15) is 0 Å². The number of methoxy groups -OCH3 is 2. The Morgan fingerprint density at radius 1 is 0.750 bits per heavy atom. The zero-order valence-electron chi connectivity index (χ0n) is 16.6. The molecule has 0 saturated heterocycles. The van der Waals surface area contributed by atoms with Crippen LogP contribution >= 0.6 is 0 Å². The quantitative estimate of drug-likeness (QED) is 0.636. The monoisotopic (exact) mass is 371 g/mol. The van der Waals surface area contributed by atoms with Gasteiger partial charge in [-0.25, -0.2) is 0 Å². The SMILES string of the molecule is COc1ccc(C2=C(c3ccccc3)N(C)CCc3ccccc32)cc1OC. The molecule has 28 heavy (non-hydrogen) atoms. The Hall–Kier alpha value is -3.20. The summed E-state index contributed by atoms with van der Waals surface area (Å²) in [5.74, 6) is 1.48. The molecule has 0 aliphatic carbocycles. The van der Waals surface area contributed by atoms with E-state index >= 15 is 0 Å². The van der Waals surface area contributed by atoms with Crippen LogP contribution in [-0.4, -0.2) is 32.7 Å². The molecule has 1 aliphatic rings. The Bertz CT molecular complexity index is 1010. The third-order valence-corrected chi connectivity index (χ3v) is 5.34. The lowest BCUT2D eigenvalue weighted by Gasteiger charge is -2.25. The molecule has 0 aromatic heterocycles. The zero-order chi connectivity index (χ0) is 19.5. The Balaban J connectivity index is 2.04. The molecule has 3 nitrogen and oxygen atoms in total. The van der Waals surface area contributed by atoms with Crippen molar-refractivity contribution < 1.29 is 9.47 Å². The van der Waals surface area contributed by atoms with Crippen molar-refractivity contribution in [1.82, 2.24) is 4.90 Å². The number of ether oxygens (including phenoxy) is 2. The zero-order valence-corrected chi connectivity index (χ0v) is 16.6. The van der Waals surface area contributed by atoms with Crippen LogP contribution < -0.4 is 9.47 Å². The van der Waals surface area contributed by atoms with Crippen molar-refractivity contribution in [3.63, 3.8) is 0 Å². The van der Waals surface area contributed by atoms with Gasteiger partial charge in [-0.1, -0.05) is 60.7 Å². The van der Waals surface area contributed by atoms with Crippen LogP contribution in [0.25, 0.3) is 11.3 Å². The van der Waals surface area contributed by atoms with Gasteiger partial charge < -0.3 is 14.4 Å². The van der Waals surface area contributed by atoms with Gasteiger partial charge in [-0.3, -0.25) is 0 Å². The second-order valence-electron chi connectivity index (χ2n) is 6.99. The van der Waals surface area contributed by atoms with Crippen molar-refractivity contribution in [3.05, 3.63) is 95.1 Å². The lowest BCUT2D eigenvalue weighted by atomic mass is 9.90. The summed E-state index contributed by atoms with van der Waals surface area (Å²) >= 11 is 0. The van der Waals surface area contributed by atoms with Crippen LogP contribution in [0.4, 0.5) is 0 Å². The summed E-state index contributed by atoms with van der Waals surface area (Å²) in [5, 5.41) is 0. The van der Waals surface area contributed by atoms with Gasteiger partial charge in [-0.05, 0) is 40.8 Å². The van der Waals surface area contributed by atoms with Crippen molar-refractivity contribution >= 4 is 11.3 Å². The molecule has 142 valence electrons. The van der Waals surface area contributed by atoms with E-state index in [1.807, 2.05) is 6.07 Å². The molecule has 0 fully saturated rings. The maximum atomic E-state index is 5.59. The first-order valence-electron chi connectivity index (χ1n) is 9.54. The molecule has 0 spiro atoms. The molecular formula is C25H25NO2. The number of hydrogen-bond donors (Lipinski definition) is 0. The van der Waals surface area contributed by atoms with Crippen LogP contribution in [0, 0.1) is 0 Å². The molecule has 4 rings (SSSR count). The van der Waals surface area contributed by atoms with Gasteiger partial charge in [-0.15, -0.1) is 0 Å². The van der Waals surface area contributed by atoms with E-state index in [0.717, 1.165) is 30.0 Å². The van der Waals surface area contributed by atoms with Gasteiger partial charge in [0.25, 0.3) is 0 Å². The fourth-order valence-electron chi connectivity index (χ4n) is 3.95. The van der Waals surface area contributed by atoms with Crippen molar-refractivity contribution in [2.24, 2.45) is 0 Å². The lowest BCUT2D eigenvalue weighted by Crippen LogP contribution is -2.19. The molecule has 1 heterocycles. The predicted molar refractivity (Wildman–Crippen MR) is 115 cm³/mol. The first-order valence-corrected chi connectivity index (χ1v) is 9.54. The molecule has 0 radical (unpaired) electrons. The number of benzene rings is 3. The molecule has 3 aromatic carbocycles. The Morgan fingerprint density at radius 2 is 1.46 bits per heavy atom. The highest BCUT2D eigenvalue weighted by molar-refractivity contribution is 5.99. The summed E-state index contributed by atoms with van der Waals surface area (Å²) in [4.78, 5) is 2.36. The van der Waals surface area contributed by atoms with Crippen molar-refractivity contribution in [3.8, 4) is 11.5 Å². The number of rotatable bonds is 4. The topological polar surface area (TPSA) is 21.7 Å². The van der Waals surface area contributed by atoms with E-state index in [1.54, 1.807) is 14.2 Å². The van der Waals surface area contributed by atoms with Crippen LogP contribution in [-0.2, 0) is 6.42 Å². The first kappa shape index (κ1) is 18.2. The van der Waals surface area contributed by atoms with Crippen LogP contribution in [0.3, 0.4) is 0 Å². The smallest absolute Gasteiger partial charge is 0.161 e. The van der Waals surface area contributed by atoms with E-state index in [1.165, 1.54) is 28.0 Å². The molecule has 1 aliphatic heterocycles. The summed E-state index contributed by atoms with van der Waals surface area (Å²) in [6.45, 7) is 0.970. The summed E-state index contributed by atoms with van der Waals surface area (Å²) in [5.41, 5.74) is 7.44. The van der Waals surface area contributed by atoms with Crippen LogP contribution in [0.2, 0.25) is 0 Å². The van der Waals surface area contributed by atoms with E-state index in [9.17, 15) is 0 Å². The molecule has 0 N–H and O–H groups in total. The average molecular weight is 371 g/mol. The molecule has 0 amide bonds. The van der Waals surface area contributed by atoms with Gasteiger partial charge in [0.15, 0.2) is 11.5 Å². The summed E-state index contributed by atoms with van der Waals surface area (Å²) in [7, 11) is 5.52. The highest BCUT2D eigenvalue weighted by atomic mass is 16.5. The standard InChI is InChI=1S/C25H25NO2/c1-26-16-15-18-9-7-8-12-21(18)24(25(26)19-10-5-4-6-11-19)20-13-14-22(27-2)23(17-20)28-3/h4-14,17H,15-16H2,1-3H3. The van der Waals surface area contributed by atoms with Crippen LogP contribution in [0.5, 0.6) is 11.5 Å². The third kappa shape index (κ3) is 3.24. The molecular weight excluding hydrogens is 346 g/mol. The predicted octanol–water partition coefficient (Wildman–Crippen LogP) is 5.11. The van der Waals surface area contributed by atoms with Gasteiger partial charge in [0.05, 0.1) is 19.9 Å². The fourth-order valence-corrected chi connectivity index (χ4v) is 3.95. The minimum Gasteiger partial charge on any atom is -0.493 e. The van der Waals surface area contributed by atoms with E-state index in [0.29, 0.717) is 0 Å². The molecule has 0 atom stereocenters. The van der Waals surface area contributed by atoms with Crippen molar-refractivity contribution in [2.75, 3.05) is 27.8 Å². The number of likely N-dealkylation sites (N-methyl/N-ethyl adjacent to an activating group) is 1. The highest BCUT2D eigenvalue weighted by Crippen LogP contribution is 2.40. The molecule has 0 unspecified atom stereocenters. The van der Waals surface area contributed by atoms with E-state index < -0.39 is 0 Å². The summed E-state index contributed by atoms with van der Waals surface area (Å²) < 4.78 is 11.0. The minimum absolute atomic E-state index is 0.739. The van der Waals surface area contributed by atoms with Gasteiger partial charge >= 0.3 is 0 Å². The second kappa shape index (κ2) is 7.81. The number of hydrogen-bond acceptors (Lipinski definition) is 3. The number of fused-ring (bicyclic) bond motifs is 1.